The van der Waals surface area contributed by atoms with E-state index in [9.17, 15) is 0 Å². The maximum atomic E-state index is 5.89. The van der Waals surface area contributed by atoms with Crippen LogP contribution in [0.1, 0.15) is 5.56 Å². The molecule has 0 aliphatic carbocycles. The molecule has 1 fully saturated rings. The number of benzene rings is 1. The van der Waals surface area contributed by atoms with Gasteiger partial charge in [0.15, 0.2) is 0 Å². The van der Waals surface area contributed by atoms with Crippen molar-refractivity contribution in [3.63, 3.8) is 0 Å². The fourth-order valence-electron chi connectivity index (χ4n) is 2.37. The van der Waals surface area contributed by atoms with E-state index in [4.69, 9.17) is 10.5 Å². The number of hydrogen-bond donors (Lipinski definition) is 1. The molecular weight excluding hydrogens is 188 g/mol. The van der Waals surface area contributed by atoms with E-state index in [1.807, 2.05) is 12.1 Å². The van der Waals surface area contributed by atoms with Crippen LogP contribution < -0.4 is 10.5 Å². The fraction of sp³-hybridized carbons (Fsp3) is 0.500. The zero-order valence-corrected chi connectivity index (χ0v) is 9.36. The molecule has 3 heteroatoms. The minimum Gasteiger partial charge on any atom is -0.497 e. The van der Waals surface area contributed by atoms with Crippen molar-refractivity contribution in [1.82, 2.24) is 4.90 Å². The van der Waals surface area contributed by atoms with E-state index in [1.165, 1.54) is 5.56 Å². The molecule has 0 spiro atoms. The van der Waals surface area contributed by atoms with Gasteiger partial charge in [0.1, 0.15) is 5.75 Å². The molecule has 0 amide bonds. The van der Waals surface area contributed by atoms with Crippen molar-refractivity contribution >= 4 is 0 Å². The number of hydrogen-bond acceptors (Lipinski definition) is 3. The highest BCUT2D eigenvalue weighted by Gasteiger charge is 2.41. The number of likely N-dealkylation sites (N-methyl/N-ethyl adjacent to an activating group) is 1. The number of ether oxygens (including phenoxy) is 1. The van der Waals surface area contributed by atoms with Crippen molar-refractivity contribution in [2.75, 3.05) is 33.8 Å². The number of nitrogens with zero attached hydrogens (tertiary/aromatic N) is 1. The van der Waals surface area contributed by atoms with Crippen LogP contribution in [0.25, 0.3) is 0 Å². The lowest BCUT2D eigenvalue weighted by Gasteiger charge is -2.48. The molecule has 0 unspecified atom stereocenters. The number of nitrogens with two attached hydrogens (primary N) is 1. The molecule has 1 heterocycles. The van der Waals surface area contributed by atoms with Gasteiger partial charge >= 0.3 is 0 Å². The summed E-state index contributed by atoms with van der Waals surface area (Å²) in [7, 11) is 3.81. The zero-order valence-electron chi connectivity index (χ0n) is 9.36. The SMILES string of the molecule is COc1cccc(C2(CN)CN(C)C2)c1. The van der Waals surface area contributed by atoms with Crippen LogP contribution in [0.4, 0.5) is 0 Å². The van der Waals surface area contributed by atoms with Gasteiger partial charge in [-0.05, 0) is 24.7 Å². The normalized spacial score (nSPS) is 19.7. The third kappa shape index (κ3) is 1.73. The van der Waals surface area contributed by atoms with Crippen molar-refractivity contribution in [1.29, 1.82) is 0 Å². The van der Waals surface area contributed by atoms with Gasteiger partial charge in [-0.3, -0.25) is 0 Å². The number of likely N-dealkylation sites (tertiary alicyclic amines) is 1. The van der Waals surface area contributed by atoms with Gasteiger partial charge in [0.05, 0.1) is 7.11 Å². The van der Waals surface area contributed by atoms with Gasteiger partial charge in [0.25, 0.3) is 0 Å². The van der Waals surface area contributed by atoms with Crippen LogP contribution in [-0.4, -0.2) is 38.7 Å². The lowest BCUT2D eigenvalue weighted by molar-refractivity contribution is 0.0999. The highest BCUT2D eigenvalue weighted by molar-refractivity contribution is 5.36. The maximum Gasteiger partial charge on any atom is 0.119 e. The molecule has 0 saturated carbocycles. The van der Waals surface area contributed by atoms with Crippen molar-refractivity contribution in [2.24, 2.45) is 5.73 Å². The van der Waals surface area contributed by atoms with Crippen LogP contribution in [-0.2, 0) is 5.41 Å². The largest absolute Gasteiger partial charge is 0.497 e. The third-order valence-electron chi connectivity index (χ3n) is 3.22. The molecule has 0 atom stereocenters. The average molecular weight is 206 g/mol. The van der Waals surface area contributed by atoms with Crippen LogP contribution in [0.5, 0.6) is 5.75 Å². The molecule has 0 bridgehead atoms. The molecule has 1 aliphatic rings. The summed E-state index contributed by atoms with van der Waals surface area (Å²) >= 11 is 0. The minimum absolute atomic E-state index is 0.142. The first-order valence-corrected chi connectivity index (χ1v) is 5.23. The predicted octanol–water partition coefficient (Wildman–Crippen LogP) is 0.837. The molecule has 1 saturated heterocycles. The lowest BCUT2D eigenvalue weighted by Crippen LogP contribution is -2.61. The maximum absolute atomic E-state index is 5.89. The van der Waals surface area contributed by atoms with Gasteiger partial charge in [0.2, 0.25) is 0 Å². The minimum atomic E-state index is 0.142. The summed E-state index contributed by atoms with van der Waals surface area (Å²) in [4.78, 5) is 2.28. The quantitative estimate of drug-likeness (QED) is 0.796. The second kappa shape index (κ2) is 3.83. The topological polar surface area (TPSA) is 38.5 Å². The smallest absolute Gasteiger partial charge is 0.119 e. The van der Waals surface area contributed by atoms with E-state index in [2.05, 4.69) is 24.1 Å². The predicted molar refractivity (Wildman–Crippen MR) is 61.2 cm³/mol. The summed E-state index contributed by atoms with van der Waals surface area (Å²) in [5.41, 5.74) is 7.32. The molecule has 1 aromatic rings. The Bertz CT molecular complexity index is 345. The molecule has 2 N–H and O–H groups in total. The van der Waals surface area contributed by atoms with Crippen molar-refractivity contribution in [2.45, 2.75) is 5.41 Å². The third-order valence-corrected chi connectivity index (χ3v) is 3.22. The van der Waals surface area contributed by atoms with Crippen molar-refractivity contribution in [3.05, 3.63) is 29.8 Å². The fourth-order valence-corrected chi connectivity index (χ4v) is 2.37. The second-order valence-corrected chi connectivity index (χ2v) is 4.39. The van der Waals surface area contributed by atoms with Crippen molar-refractivity contribution < 1.29 is 4.74 Å². The molecular formula is C12H18N2O. The van der Waals surface area contributed by atoms with Crippen LogP contribution in [0.3, 0.4) is 0 Å². The van der Waals surface area contributed by atoms with E-state index in [0.29, 0.717) is 6.54 Å². The van der Waals surface area contributed by atoms with Crippen LogP contribution in [0.2, 0.25) is 0 Å². The Kier molecular flexibility index (Phi) is 2.67. The Morgan fingerprint density at radius 2 is 2.20 bits per heavy atom. The Labute approximate surface area is 90.8 Å². The van der Waals surface area contributed by atoms with Gasteiger partial charge in [-0.1, -0.05) is 12.1 Å². The van der Waals surface area contributed by atoms with Crippen LogP contribution >= 0.6 is 0 Å². The molecule has 2 rings (SSSR count). The summed E-state index contributed by atoms with van der Waals surface area (Å²) in [6.07, 6.45) is 0. The van der Waals surface area contributed by atoms with E-state index >= 15 is 0 Å². The monoisotopic (exact) mass is 206 g/mol. The molecule has 0 aromatic heterocycles. The standard InChI is InChI=1S/C12H18N2O/c1-14-8-12(7-13,9-14)10-4-3-5-11(6-10)15-2/h3-6H,7-9,13H2,1-2H3. The number of rotatable bonds is 3. The van der Waals surface area contributed by atoms with Gasteiger partial charge in [0, 0.05) is 25.0 Å². The molecule has 15 heavy (non-hydrogen) atoms. The Morgan fingerprint density at radius 3 is 2.73 bits per heavy atom. The van der Waals surface area contributed by atoms with Gasteiger partial charge in [-0.15, -0.1) is 0 Å². The van der Waals surface area contributed by atoms with E-state index in [-0.39, 0.29) is 5.41 Å². The Morgan fingerprint density at radius 1 is 1.47 bits per heavy atom. The molecule has 1 aliphatic heterocycles. The molecule has 1 aromatic carbocycles. The lowest BCUT2D eigenvalue weighted by atomic mass is 9.74. The number of methoxy groups -OCH3 is 1. The average Bonchev–Trinajstić information content (AvgIpc) is 2.24. The van der Waals surface area contributed by atoms with Crippen LogP contribution in [0.15, 0.2) is 24.3 Å². The van der Waals surface area contributed by atoms with Gasteiger partial charge in [-0.2, -0.15) is 0 Å². The molecule has 82 valence electrons. The first-order chi connectivity index (χ1) is 7.20. The van der Waals surface area contributed by atoms with Crippen molar-refractivity contribution in [3.8, 4) is 5.75 Å². The van der Waals surface area contributed by atoms with E-state index in [0.717, 1.165) is 18.8 Å². The van der Waals surface area contributed by atoms with Gasteiger partial charge < -0.3 is 15.4 Å². The first kappa shape index (κ1) is 10.5. The summed E-state index contributed by atoms with van der Waals surface area (Å²) in [6.45, 7) is 2.78. The summed E-state index contributed by atoms with van der Waals surface area (Å²) in [5, 5.41) is 0. The Hall–Kier alpha value is -1.06. The summed E-state index contributed by atoms with van der Waals surface area (Å²) in [5.74, 6) is 0.912. The van der Waals surface area contributed by atoms with Gasteiger partial charge in [-0.25, -0.2) is 0 Å². The zero-order chi connectivity index (χ0) is 10.9. The second-order valence-electron chi connectivity index (χ2n) is 4.39. The summed E-state index contributed by atoms with van der Waals surface area (Å²) < 4.78 is 5.24. The first-order valence-electron chi connectivity index (χ1n) is 5.23. The van der Waals surface area contributed by atoms with E-state index < -0.39 is 0 Å². The van der Waals surface area contributed by atoms with E-state index in [1.54, 1.807) is 7.11 Å². The Balaban J connectivity index is 2.27. The highest BCUT2D eigenvalue weighted by Crippen LogP contribution is 2.34. The highest BCUT2D eigenvalue weighted by atomic mass is 16.5. The molecule has 3 nitrogen and oxygen atoms in total. The van der Waals surface area contributed by atoms with Crippen LogP contribution in [0, 0.1) is 0 Å². The summed E-state index contributed by atoms with van der Waals surface area (Å²) in [6, 6.07) is 8.24. The molecule has 0 radical (unpaired) electrons.